The van der Waals surface area contributed by atoms with Gasteiger partial charge in [0.2, 0.25) is 0 Å². The van der Waals surface area contributed by atoms with E-state index >= 15 is 0 Å². The largest absolute Gasteiger partial charge is 0.469 e. The minimum atomic E-state index is -0.316. The number of aromatic amines is 2. The molecule has 278 valence electrons. The summed E-state index contributed by atoms with van der Waals surface area (Å²) < 4.78 is 5.06. The van der Waals surface area contributed by atoms with E-state index in [0.29, 0.717) is 29.6 Å². The monoisotopic (exact) mass is 716 g/mol. The van der Waals surface area contributed by atoms with Gasteiger partial charge >= 0.3 is 5.97 Å². The number of rotatable bonds is 10. The molecule has 0 aromatic carbocycles. The molecule has 3 atom stereocenters. The molecule has 7 heterocycles. The molecule has 10 nitrogen and oxygen atoms in total. The van der Waals surface area contributed by atoms with E-state index in [1.165, 1.54) is 12.0 Å². The molecular weight excluding hydrogens is 665 g/mol. The Labute approximate surface area is 312 Å². The van der Waals surface area contributed by atoms with E-state index < -0.39 is 0 Å². The smallest absolute Gasteiger partial charge is 0.305 e. The standard InChI is InChI=1S/C43H52N6O4/c1-9-11-12-13-19-49-42(51)38-26(6)32-21-33-27(10-2)23(3)29(44-33)22-34-37(35-15-14-18-48(35)7)25(5)31(45-34)20-30-24(4)28(16-17-36(50)53-8)40(46-30)39(43(49)52)41(38)47-32/h14-15,20-22,24,28,35,46-47H,9-13,16-19H2,1-8H3/t24-,28-,35?/m0/s1. The van der Waals surface area contributed by atoms with Crippen molar-refractivity contribution in [3.63, 3.8) is 0 Å². The van der Waals surface area contributed by atoms with Gasteiger partial charge in [-0.1, -0.05) is 52.2 Å². The van der Waals surface area contributed by atoms with Crippen LogP contribution >= 0.6 is 0 Å². The highest BCUT2D eigenvalue weighted by molar-refractivity contribution is 6.23. The molecule has 0 aliphatic carbocycles. The van der Waals surface area contributed by atoms with Gasteiger partial charge in [-0.15, -0.1) is 0 Å². The Balaban J connectivity index is 1.57. The van der Waals surface area contributed by atoms with Crippen LogP contribution in [0.3, 0.4) is 0 Å². The van der Waals surface area contributed by atoms with Crippen molar-refractivity contribution in [2.45, 2.75) is 104 Å². The number of carbonyl (C=O) groups excluding carboxylic acids is 3. The van der Waals surface area contributed by atoms with Crippen LogP contribution in [0.1, 0.15) is 152 Å². The fourth-order valence-corrected chi connectivity index (χ4v) is 8.75. The number of unbranched alkanes of at least 4 members (excludes halogenated alkanes) is 3. The van der Waals surface area contributed by atoms with Crippen LogP contribution in [0.25, 0.3) is 33.3 Å². The van der Waals surface area contributed by atoms with Crippen molar-refractivity contribution in [2.75, 3.05) is 27.2 Å². The van der Waals surface area contributed by atoms with Crippen molar-refractivity contribution < 1.29 is 19.1 Å². The lowest BCUT2D eigenvalue weighted by Crippen LogP contribution is -2.41. The van der Waals surface area contributed by atoms with Crippen LogP contribution < -0.4 is 0 Å². The van der Waals surface area contributed by atoms with Crippen molar-refractivity contribution in [1.29, 1.82) is 0 Å². The molecule has 5 aliphatic heterocycles. The Hall–Kier alpha value is -4.83. The minimum Gasteiger partial charge on any atom is -0.469 e. The SMILES string of the molecule is CCCCCCN1C(=O)c2c3[nH]c(cc4nc(cc5nc(cc6[nH]c2c(c6C)C1=O)C(CC)=C5C)C(C1C=CCN1C)=C4C)[C@@H](C)[C@@H]3CCC(=O)OC. The number of methoxy groups -OCH3 is 1. The number of allylic oxidation sites excluding steroid dienone is 3. The van der Waals surface area contributed by atoms with E-state index in [-0.39, 0.29) is 42.1 Å². The zero-order valence-corrected chi connectivity index (χ0v) is 32.4. The first-order valence-electron chi connectivity index (χ1n) is 19.3. The number of H-pyrrole nitrogens is 2. The maximum atomic E-state index is 14.8. The second-order valence-electron chi connectivity index (χ2n) is 15.1. The number of nitrogens with one attached hydrogen (secondary N) is 2. The molecule has 1 unspecified atom stereocenters. The Morgan fingerprint density at radius 3 is 2.36 bits per heavy atom. The normalized spacial score (nSPS) is 20.6. The Bertz CT molecular complexity index is 2180. The first kappa shape index (κ1) is 36.5. The second kappa shape index (κ2) is 14.5. The van der Waals surface area contributed by atoms with Gasteiger partial charge in [0.25, 0.3) is 11.8 Å². The molecule has 0 saturated heterocycles. The summed E-state index contributed by atoms with van der Waals surface area (Å²) in [4.78, 5) is 63.1. The molecule has 8 bridgehead atoms. The topological polar surface area (TPSA) is 124 Å². The Kier molecular flexibility index (Phi) is 10.0. The number of hydrogen-bond acceptors (Lipinski definition) is 7. The van der Waals surface area contributed by atoms with Gasteiger partial charge in [-0.3, -0.25) is 24.2 Å². The van der Waals surface area contributed by atoms with E-state index in [1.54, 1.807) is 0 Å². The maximum Gasteiger partial charge on any atom is 0.305 e. The summed E-state index contributed by atoms with van der Waals surface area (Å²) in [5.74, 6) is -1.19. The first-order chi connectivity index (χ1) is 25.5. The highest BCUT2D eigenvalue weighted by Gasteiger charge is 2.40. The molecule has 0 saturated carbocycles. The van der Waals surface area contributed by atoms with Crippen LogP contribution in [0.15, 0.2) is 30.4 Å². The third-order valence-corrected chi connectivity index (χ3v) is 12.0. The molecule has 5 aliphatic rings. The highest BCUT2D eigenvalue weighted by atomic mass is 16.5. The maximum absolute atomic E-state index is 14.8. The predicted octanol–water partition coefficient (Wildman–Crippen LogP) is 8.50. The van der Waals surface area contributed by atoms with Crippen LogP contribution in [0.2, 0.25) is 0 Å². The van der Waals surface area contributed by atoms with Crippen molar-refractivity contribution in [2.24, 2.45) is 0 Å². The average molecular weight is 717 g/mol. The Morgan fingerprint density at radius 1 is 0.925 bits per heavy atom. The highest BCUT2D eigenvalue weighted by Crippen LogP contribution is 2.45. The van der Waals surface area contributed by atoms with E-state index in [9.17, 15) is 14.4 Å². The summed E-state index contributed by atoms with van der Waals surface area (Å²) in [6.07, 6.45) is 9.67. The molecule has 0 fully saturated rings. The van der Waals surface area contributed by atoms with Crippen LogP contribution in [0.4, 0.5) is 0 Å². The molecule has 2 aromatic rings. The number of ether oxygens (including phenoxy) is 1. The van der Waals surface area contributed by atoms with Crippen molar-refractivity contribution in [3.8, 4) is 0 Å². The van der Waals surface area contributed by atoms with Gasteiger partial charge in [0.05, 0.1) is 52.6 Å². The molecule has 0 radical (unpaired) electrons. The summed E-state index contributed by atoms with van der Waals surface area (Å²) in [7, 11) is 3.53. The quantitative estimate of drug-likeness (QED) is 0.109. The zero-order valence-electron chi connectivity index (χ0n) is 32.4. The van der Waals surface area contributed by atoms with Gasteiger partial charge in [0.15, 0.2) is 0 Å². The number of imide groups is 1. The minimum absolute atomic E-state index is 0.0770. The fourth-order valence-electron chi connectivity index (χ4n) is 8.75. The molecule has 53 heavy (non-hydrogen) atoms. The number of aromatic nitrogens is 4. The van der Waals surface area contributed by atoms with Crippen LogP contribution in [0, 0.1) is 6.92 Å². The zero-order chi connectivity index (χ0) is 37.7. The number of likely N-dealkylation sites (N-methyl/N-ethyl adjacent to an activating group) is 1. The first-order valence-corrected chi connectivity index (χ1v) is 19.3. The van der Waals surface area contributed by atoms with E-state index in [0.717, 1.165) is 106 Å². The Morgan fingerprint density at radius 2 is 1.66 bits per heavy atom. The predicted molar refractivity (Wildman–Crippen MR) is 210 cm³/mol. The lowest BCUT2D eigenvalue weighted by molar-refractivity contribution is -0.140. The lowest BCUT2D eigenvalue weighted by atomic mass is 9.84. The van der Waals surface area contributed by atoms with Crippen molar-refractivity contribution in [1.82, 2.24) is 29.7 Å². The lowest BCUT2D eigenvalue weighted by Gasteiger charge is -2.27. The number of aryl methyl sites for hydroxylation is 1. The number of carbonyl (C=O) groups is 3. The average Bonchev–Trinajstić information content (AvgIpc) is 3.92. The number of esters is 1. The molecule has 0 spiro atoms. The number of nitrogens with zero attached hydrogens (tertiary/aromatic N) is 4. The third-order valence-electron chi connectivity index (χ3n) is 12.0. The molecule has 2 N–H and O–H groups in total. The van der Waals surface area contributed by atoms with Gasteiger partial charge in [0.1, 0.15) is 0 Å². The second-order valence-corrected chi connectivity index (χ2v) is 15.1. The molecule has 2 aromatic heterocycles. The van der Waals surface area contributed by atoms with Crippen LogP contribution in [-0.2, 0) is 9.53 Å². The van der Waals surface area contributed by atoms with Crippen LogP contribution in [-0.4, -0.2) is 80.8 Å². The van der Waals surface area contributed by atoms with E-state index in [4.69, 9.17) is 14.7 Å². The van der Waals surface area contributed by atoms with Gasteiger partial charge < -0.3 is 14.7 Å². The van der Waals surface area contributed by atoms with E-state index in [2.05, 4.69) is 80.8 Å². The summed E-state index contributed by atoms with van der Waals surface area (Å²) in [6.45, 7) is 13.8. The van der Waals surface area contributed by atoms with Gasteiger partial charge in [0, 0.05) is 53.8 Å². The summed E-state index contributed by atoms with van der Waals surface area (Å²) >= 11 is 0. The van der Waals surface area contributed by atoms with Gasteiger partial charge in [-0.2, -0.15) is 0 Å². The molecule has 2 amide bonds. The third kappa shape index (κ3) is 6.24. The van der Waals surface area contributed by atoms with E-state index in [1.807, 2.05) is 13.0 Å². The molecule has 7 rings (SSSR count). The van der Waals surface area contributed by atoms with Crippen molar-refractivity contribution >= 4 is 51.1 Å². The van der Waals surface area contributed by atoms with Crippen molar-refractivity contribution in [3.05, 3.63) is 81.2 Å². The summed E-state index contributed by atoms with van der Waals surface area (Å²) in [6, 6.07) is 6.34. The number of hydrogen-bond donors (Lipinski definition) is 2. The number of fused-ring (bicyclic) bond motifs is 8. The summed E-state index contributed by atoms with van der Waals surface area (Å²) in [5, 5.41) is 0. The number of amides is 2. The van der Waals surface area contributed by atoms with Gasteiger partial charge in [-0.25, -0.2) is 9.97 Å². The molecular formula is C43H52N6O4. The fraction of sp³-hybridized carbons (Fsp3) is 0.465. The van der Waals surface area contributed by atoms with Crippen LogP contribution in [0.5, 0.6) is 0 Å². The summed E-state index contributed by atoms with van der Waals surface area (Å²) in [5.41, 5.74) is 12.6. The molecule has 10 heteroatoms. The van der Waals surface area contributed by atoms with Gasteiger partial charge in [-0.05, 0) is 87.6 Å².